The molecule has 1 fully saturated rings. The molecule has 4 aromatic rings. The first-order chi connectivity index (χ1) is 16.1. The van der Waals surface area contributed by atoms with Crippen molar-refractivity contribution in [3.8, 4) is 11.3 Å². The van der Waals surface area contributed by atoms with Crippen molar-refractivity contribution in [3.05, 3.63) is 95.5 Å². The molecule has 3 aromatic carbocycles. The largest absolute Gasteiger partial charge is 0.371 e. The highest BCUT2D eigenvalue weighted by atomic mass is 35.5. The van der Waals surface area contributed by atoms with Gasteiger partial charge in [0.25, 0.3) is 0 Å². The van der Waals surface area contributed by atoms with Crippen molar-refractivity contribution in [2.24, 2.45) is 0 Å². The summed E-state index contributed by atoms with van der Waals surface area (Å²) in [6.07, 6.45) is 2.29. The van der Waals surface area contributed by atoms with Crippen LogP contribution in [0.1, 0.15) is 31.4 Å². The Morgan fingerprint density at radius 3 is 2.17 bits per heavy atom. The lowest BCUT2D eigenvalue weighted by molar-refractivity contribution is 0.162. The third-order valence-corrected chi connectivity index (χ3v) is 7.31. The molecule has 184 valence electrons. The van der Waals surface area contributed by atoms with Crippen LogP contribution in [0.15, 0.2) is 84.9 Å². The van der Waals surface area contributed by atoms with Crippen LogP contribution in [0.25, 0.3) is 22.2 Å². The van der Waals surface area contributed by atoms with Gasteiger partial charge in [0.15, 0.2) is 0 Å². The molecule has 1 aliphatic heterocycles. The summed E-state index contributed by atoms with van der Waals surface area (Å²) >= 11 is 6.33. The van der Waals surface area contributed by atoms with Crippen molar-refractivity contribution in [2.45, 2.75) is 31.8 Å². The molecular weight excluding hydrogens is 497 g/mol. The molecule has 0 amide bonds. The summed E-state index contributed by atoms with van der Waals surface area (Å²) in [7, 11) is 2.24. The van der Waals surface area contributed by atoms with Crippen LogP contribution >= 0.6 is 36.4 Å². The van der Waals surface area contributed by atoms with E-state index >= 15 is 0 Å². The topological polar surface area (TPSA) is 19.4 Å². The second kappa shape index (κ2) is 12.1. The van der Waals surface area contributed by atoms with E-state index in [-0.39, 0.29) is 24.8 Å². The maximum atomic E-state index is 6.33. The molecule has 0 N–H and O–H groups in total. The smallest absolute Gasteiger partial charge is 0.0745 e. The average Bonchev–Trinajstić information content (AvgIpc) is 2.88. The molecule has 1 aliphatic rings. The highest BCUT2D eigenvalue weighted by molar-refractivity contribution is 6.31. The molecule has 1 saturated heterocycles. The molecule has 0 bridgehead atoms. The third kappa shape index (κ3) is 5.92. The van der Waals surface area contributed by atoms with E-state index in [1.807, 2.05) is 18.2 Å². The third-order valence-electron chi connectivity index (χ3n) is 7.08. The zero-order valence-corrected chi connectivity index (χ0v) is 22.5. The Morgan fingerprint density at radius 1 is 0.886 bits per heavy atom. The van der Waals surface area contributed by atoms with Crippen molar-refractivity contribution in [1.29, 1.82) is 0 Å². The van der Waals surface area contributed by atoms with Crippen LogP contribution in [-0.4, -0.2) is 36.1 Å². The Labute approximate surface area is 225 Å². The van der Waals surface area contributed by atoms with Gasteiger partial charge in [0, 0.05) is 53.9 Å². The van der Waals surface area contributed by atoms with Gasteiger partial charge in [-0.3, -0.25) is 4.90 Å². The lowest BCUT2D eigenvalue weighted by Gasteiger charge is -2.40. The SMILES string of the molecule is CC(c1ccccc1)N1CCC(N(C)c2cc(-c3ccccc3)nc3cc(Cl)ccc23)CC1.Cl.Cl. The summed E-state index contributed by atoms with van der Waals surface area (Å²) in [6.45, 7) is 4.53. The number of likely N-dealkylation sites (tertiary alicyclic amines) is 1. The second-order valence-electron chi connectivity index (χ2n) is 9.02. The number of aromatic nitrogens is 1. The number of nitrogens with zero attached hydrogens (tertiary/aromatic N) is 3. The van der Waals surface area contributed by atoms with Crippen LogP contribution < -0.4 is 4.90 Å². The summed E-state index contributed by atoms with van der Waals surface area (Å²) in [5.41, 5.74) is 5.68. The number of benzene rings is 3. The molecule has 0 saturated carbocycles. The highest BCUT2D eigenvalue weighted by Gasteiger charge is 2.27. The Bertz CT molecular complexity index is 1230. The zero-order chi connectivity index (χ0) is 22.8. The van der Waals surface area contributed by atoms with E-state index in [0.29, 0.717) is 12.1 Å². The molecule has 1 atom stereocenters. The minimum atomic E-state index is 0. The van der Waals surface area contributed by atoms with Crippen LogP contribution in [0.5, 0.6) is 0 Å². The number of hydrogen-bond acceptors (Lipinski definition) is 3. The average molecular weight is 529 g/mol. The summed E-state index contributed by atoms with van der Waals surface area (Å²) in [6, 6.07) is 30.5. The Balaban J connectivity index is 0.00000171. The Hall–Kier alpha value is -2.30. The molecule has 5 rings (SSSR count). The van der Waals surface area contributed by atoms with Gasteiger partial charge in [-0.25, -0.2) is 4.98 Å². The van der Waals surface area contributed by atoms with E-state index in [1.165, 1.54) is 11.3 Å². The normalized spacial score (nSPS) is 15.2. The molecule has 0 aliphatic carbocycles. The molecule has 0 spiro atoms. The number of rotatable bonds is 5. The van der Waals surface area contributed by atoms with Crippen molar-refractivity contribution in [1.82, 2.24) is 9.88 Å². The maximum Gasteiger partial charge on any atom is 0.0745 e. The number of hydrogen-bond donors (Lipinski definition) is 0. The van der Waals surface area contributed by atoms with Crippen molar-refractivity contribution >= 4 is 53.0 Å². The minimum Gasteiger partial charge on any atom is -0.371 e. The fraction of sp³-hybridized carbons (Fsp3) is 0.276. The van der Waals surface area contributed by atoms with Gasteiger partial charge in [-0.1, -0.05) is 72.3 Å². The first-order valence-electron chi connectivity index (χ1n) is 11.8. The van der Waals surface area contributed by atoms with Crippen LogP contribution in [0.2, 0.25) is 5.02 Å². The zero-order valence-electron chi connectivity index (χ0n) is 20.1. The van der Waals surface area contributed by atoms with Gasteiger partial charge >= 0.3 is 0 Å². The predicted molar refractivity (Wildman–Crippen MR) is 155 cm³/mol. The quantitative estimate of drug-likeness (QED) is 0.261. The maximum absolute atomic E-state index is 6.33. The van der Waals surface area contributed by atoms with Gasteiger partial charge in [-0.2, -0.15) is 0 Å². The summed E-state index contributed by atoms with van der Waals surface area (Å²) < 4.78 is 0. The molecule has 2 heterocycles. The van der Waals surface area contributed by atoms with Crippen molar-refractivity contribution in [3.63, 3.8) is 0 Å². The number of anilines is 1. The van der Waals surface area contributed by atoms with E-state index in [4.69, 9.17) is 16.6 Å². The number of fused-ring (bicyclic) bond motifs is 1. The molecule has 1 aromatic heterocycles. The highest BCUT2D eigenvalue weighted by Crippen LogP contribution is 2.35. The van der Waals surface area contributed by atoms with Crippen molar-refractivity contribution in [2.75, 3.05) is 25.0 Å². The standard InChI is InChI=1S/C29H30ClN3.2ClH/c1-21(22-9-5-3-6-10-22)33-17-15-25(16-18-33)32(2)29-20-27(23-11-7-4-8-12-23)31-28-19-24(30)13-14-26(28)29;;/h3-14,19-21,25H,15-18H2,1-2H3;2*1H. The van der Waals surface area contributed by atoms with Gasteiger partial charge in [0.2, 0.25) is 0 Å². The number of piperidine rings is 1. The van der Waals surface area contributed by atoms with Gasteiger partial charge in [-0.15, -0.1) is 24.8 Å². The van der Waals surface area contributed by atoms with Gasteiger partial charge in [0.1, 0.15) is 0 Å². The molecule has 0 radical (unpaired) electrons. The van der Waals surface area contributed by atoms with Crippen LogP contribution in [0, 0.1) is 0 Å². The lowest BCUT2D eigenvalue weighted by atomic mass is 9.98. The van der Waals surface area contributed by atoms with Gasteiger partial charge < -0.3 is 4.90 Å². The first kappa shape index (κ1) is 27.3. The monoisotopic (exact) mass is 527 g/mol. The Kier molecular flexibility index (Phi) is 9.43. The summed E-state index contributed by atoms with van der Waals surface area (Å²) in [4.78, 5) is 10.0. The van der Waals surface area contributed by atoms with Gasteiger partial charge in [-0.05, 0) is 49.6 Å². The molecule has 3 nitrogen and oxygen atoms in total. The number of halogens is 3. The van der Waals surface area contributed by atoms with Crippen LogP contribution in [-0.2, 0) is 0 Å². The molecule has 35 heavy (non-hydrogen) atoms. The minimum absolute atomic E-state index is 0. The Morgan fingerprint density at radius 2 is 1.51 bits per heavy atom. The predicted octanol–water partition coefficient (Wildman–Crippen LogP) is 8.06. The van der Waals surface area contributed by atoms with Crippen LogP contribution in [0.3, 0.4) is 0 Å². The van der Waals surface area contributed by atoms with E-state index < -0.39 is 0 Å². The van der Waals surface area contributed by atoms with E-state index in [9.17, 15) is 0 Å². The fourth-order valence-corrected chi connectivity index (χ4v) is 5.20. The fourth-order valence-electron chi connectivity index (χ4n) is 5.03. The summed E-state index contributed by atoms with van der Waals surface area (Å²) in [5.74, 6) is 0. The first-order valence-corrected chi connectivity index (χ1v) is 12.2. The van der Waals surface area contributed by atoms with Gasteiger partial charge in [0.05, 0.1) is 11.2 Å². The van der Waals surface area contributed by atoms with E-state index in [1.54, 1.807) is 0 Å². The van der Waals surface area contributed by atoms with E-state index in [0.717, 1.165) is 53.1 Å². The number of pyridine rings is 1. The lowest BCUT2D eigenvalue weighted by Crippen LogP contribution is -2.44. The molecule has 1 unspecified atom stereocenters. The van der Waals surface area contributed by atoms with Crippen LogP contribution in [0.4, 0.5) is 5.69 Å². The van der Waals surface area contributed by atoms with Crippen molar-refractivity contribution < 1.29 is 0 Å². The second-order valence-corrected chi connectivity index (χ2v) is 9.46. The summed E-state index contributed by atoms with van der Waals surface area (Å²) in [5, 5.41) is 1.87. The molecular formula is C29H32Cl3N3. The molecule has 6 heteroatoms. The van der Waals surface area contributed by atoms with E-state index in [2.05, 4.69) is 90.5 Å².